The molecule has 2 saturated heterocycles. The number of rotatable bonds is 2. The van der Waals surface area contributed by atoms with E-state index < -0.39 is 0 Å². The second kappa shape index (κ2) is 3.44. The maximum absolute atomic E-state index is 9.37. The minimum absolute atomic E-state index is 0.118. The highest BCUT2D eigenvalue weighted by atomic mass is 16.5. The first-order chi connectivity index (χ1) is 7.69. The number of aliphatic hydroxyl groups excluding tert-OH is 2. The van der Waals surface area contributed by atoms with Gasteiger partial charge in [-0.25, -0.2) is 0 Å². The van der Waals surface area contributed by atoms with Crippen molar-refractivity contribution in [1.82, 2.24) is 0 Å². The molecule has 0 aromatic heterocycles. The van der Waals surface area contributed by atoms with Crippen LogP contribution in [0, 0.1) is 23.7 Å². The van der Waals surface area contributed by atoms with Gasteiger partial charge in [0.25, 0.3) is 0 Å². The van der Waals surface area contributed by atoms with Crippen molar-refractivity contribution in [3.8, 4) is 0 Å². The highest BCUT2D eigenvalue weighted by molar-refractivity contribution is 5.39. The lowest BCUT2D eigenvalue weighted by atomic mass is 9.80. The summed E-state index contributed by atoms with van der Waals surface area (Å²) in [7, 11) is 0. The molecule has 0 aromatic carbocycles. The standard InChI is InChI=1S/C13H18O3/c1-6(2)3-7-10-11(7)13-9(5-15)8(4-14)12(10)16-13/h8-15H,4-5H2,1-2H3/t8-,9+,10+,11-,12-,13+. The summed E-state index contributed by atoms with van der Waals surface area (Å²) in [5.41, 5.74) is 5.95. The van der Waals surface area contributed by atoms with Crippen LogP contribution in [0.3, 0.4) is 0 Å². The van der Waals surface area contributed by atoms with Gasteiger partial charge in [0, 0.05) is 36.9 Å². The number of aliphatic hydroxyl groups is 2. The fourth-order valence-corrected chi connectivity index (χ4v) is 3.57. The molecule has 88 valence electrons. The second-order valence-electron chi connectivity index (χ2n) is 5.39. The maximum Gasteiger partial charge on any atom is 0.0712 e. The predicted octanol–water partition coefficient (Wildman–Crippen LogP) is 0.722. The molecule has 6 atom stereocenters. The highest BCUT2D eigenvalue weighted by Gasteiger charge is 2.69. The first-order valence-corrected chi connectivity index (χ1v) is 6.00. The molecule has 0 amide bonds. The van der Waals surface area contributed by atoms with Gasteiger partial charge in [0.15, 0.2) is 0 Å². The first-order valence-electron chi connectivity index (χ1n) is 6.00. The predicted molar refractivity (Wildman–Crippen MR) is 58.7 cm³/mol. The van der Waals surface area contributed by atoms with Gasteiger partial charge in [0.05, 0.1) is 12.2 Å². The molecular weight excluding hydrogens is 204 g/mol. The average Bonchev–Trinajstić information content (AvgIpc) is 2.70. The topological polar surface area (TPSA) is 49.7 Å². The largest absolute Gasteiger partial charge is 0.396 e. The maximum atomic E-state index is 9.37. The van der Waals surface area contributed by atoms with Gasteiger partial charge in [-0.05, 0) is 25.0 Å². The van der Waals surface area contributed by atoms with Gasteiger partial charge in [-0.3, -0.25) is 0 Å². The Bertz CT molecular complexity index is 353. The Hall–Kier alpha value is -0.600. The smallest absolute Gasteiger partial charge is 0.0712 e. The van der Waals surface area contributed by atoms with Crippen molar-refractivity contribution in [3.63, 3.8) is 0 Å². The molecule has 3 aliphatic rings. The second-order valence-corrected chi connectivity index (χ2v) is 5.39. The van der Waals surface area contributed by atoms with Gasteiger partial charge >= 0.3 is 0 Å². The van der Waals surface area contributed by atoms with Gasteiger partial charge in [-0.2, -0.15) is 0 Å². The summed E-state index contributed by atoms with van der Waals surface area (Å²) in [4.78, 5) is 0. The molecule has 2 bridgehead atoms. The van der Waals surface area contributed by atoms with Gasteiger partial charge < -0.3 is 14.9 Å². The van der Waals surface area contributed by atoms with Crippen molar-refractivity contribution >= 4 is 0 Å². The fraction of sp³-hybridized carbons (Fsp3) is 0.769. The molecule has 3 heteroatoms. The molecule has 3 rings (SSSR count). The molecular formula is C13H18O3. The molecule has 3 fully saturated rings. The van der Waals surface area contributed by atoms with Crippen LogP contribution in [0.2, 0.25) is 0 Å². The van der Waals surface area contributed by atoms with E-state index in [1.54, 1.807) is 0 Å². The van der Waals surface area contributed by atoms with E-state index >= 15 is 0 Å². The summed E-state index contributed by atoms with van der Waals surface area (Å²) < 4.78 is 5.86. The summed E-state index contributed by atoms with van der Waals surface area (Å²) >= 11 is 0. The number of hydrogen-bond donors (Lipinski definition) is 2. The SMILES string of the molecule is CC(C)=C=C1[C@@H]2[C@@H]3O[C@@H]([C@@H](CO)[C@H]3CO)[C@H]12. The molecule has 0 aromatic rings. The Morgan fingerprint density at radius 3 is 2.00 bits per heavy atom. The van der Waals surface area contributed by atoms with Gasteiger partial charge in [-0.1, -0.05) is 0 Å². The van der Waals surface area contributed by atoms with E-state index in [-0.39, 0.29) is 37.3 Å². The molecule has 2 aliphatic heterocycles. The van der Waals surface area contributed by atoms with Gasteiger partial charge in [0.2, 0.25) is 0 Å². The van der Waals surface area contributed by atoms with Crippen LogP contribution in [0.15, 0.2) is 16.9 Å². The normalized spacial score (nSPS) is 47.9. The van der Waals surface area contributed by atoms with Crippen LogP contribution in [0.25, 0.3) is 0 Å². The zero-order valence-corrected chi connectivity index (χ0v) is 9.68. The van der Waals surface area contributed by atoms with E-state index in [4.69, 9.17) is 4.74 Å². The van der Waals surface area contributed by atoms with Crippen LogP contribution in [0.5, 0.6) is 0 Å². The van der Waals surface area contributed by atoms with Crippen molar-refractivity contribution in [2.45, 2.75) is 26.1 Å². The van der Waals surface area contributed by atoms with Crippen molar-refractivity contribution in [2.75, 3.05) is 13.2 Å². The zero-order chi connectivity index (χ0) is 11.4. The summed E-state index contributed by atoms with van der Waals surface area (Å²) in [6.45, 7) is 4.35. The molecule has 1 saturated carbocycles. The Morgan fingerprint density at radius 1 is 1.12 bits per heavy atom. The lowest BCUT2D eigenvalue weighted by Crippen LogP contribution is -2.33. The molecule has 3 nitrogen and oxygen atoms in total. The molecule has 0 spiro atoms. The van der Waals surface area contributed by atoms with Gasteiger partial charge in [0.1, 0.15) is 0 Å². The summed E-state index contributed by atoms with van der Waals surface area (Å²) in [6, 6.07) is 0. The van der Waals surface area contributed by atoms with E-state index in [2.05, 4.69) is 19.6 Å². The van der Waals surface area contributed by atoms with Crippen LogP contribution in [-0.2, 0) is 4.74 Å². The minimum Gasteiger partial charge on any atom is -0.396 e. The van der Waals surface area contributed by atoms with E-state index in [9.17, 15) is 10.2 Å². The summed E-state index contributed by atoms with van der Waals surface area (Å²) in [5.74, 6) is 1.18. The Morgan fingerprint density at radius 2 is 1.62 bits per heavy atom. The summed E-state index contributed by atoms with van der Waals surface area (Å²) in [6.07, 6.45) is 0.248. The lowest BCUT2D eigenvalue weighted by molar-refractivity contribution is 0.0554. The summed E-state index contributed by atoms with van der Waals surface area (Å²) in [5, 5.41) is 18.7. The Labute approximate surface area is 95.4 Å². The number of fused-ring (bicyclic) bond motifs is 5. The van der Waals surface area contributed by atoms with Crippen LogP contribution in [0.4, 0.5) is 0 Å². The zero-order valence-electron chi connectivity index (χ0n) is 9.68. The minimum atomic E-state index is 0.118. The third-order valence-electron chi connectivity index (χ3n) is 4.23. The van der Waals surface area contributed by atoms with Crippen molar-refractivity contribution < 1.29 is 14.9 Å². The monoisotopic (exact) mass is 222 g/mol. The Balaban J connectivity index is 1.91. The van der Waals surface area contributed by atoms with Crippen molar-refractivity contribution in [3.05, 3.63) is 16.9 Å². The molecule has 0 radical (unpaired) electrons. The molecule has 2 N–H and O–H groups in total. The number of hydrogen-bond acceptors (Lipinski definition) is 3. The molecule has 16 heavy (non-hydrogen) atoms. The third-order valence-corrected chi connectivity index (χ3v) is 4.23. The lowest BCUT2D eigenvalue weighted by Gasteiger charge is -2.23. The van der Waals surface area contributed by atoms with Crippen LogP contribution >= 0.6 is 0 Å². The van der Waals surface area contributed by atoms with E-state index in [0.29, 0.717) is 11.8 Å². The van der Waals surface area contributed by atoms with Crippen LogP contribution < -0.4 is 0 Å². The quantitative estimate of drug-likeness (QED) is 0.677. The van der Waals surface area contributed by atoms with E-state index in [1.165, 1.54) is 11.1 Å². The third kappa shape index (κ3) is 1.20. The van der Waals surface area contributed by atoms with Crippen molar-refractivity contribution in [1.29, 1.82) is 0 Å². The fourth-order valence-electron chi connectivity index (χ4n) is 3.57. The van der Waals surface area contributed by atoms with E-state index in [0.717, 1.165) is 0 Å². The van der Waals surface area contributed by atoms with E-state index in [1.807, 2.05) is 0 Å². The molecule has 2 heterocycles. The van der Waals surface area contributed by atoms with Crippen molar-refractivity contribution in [2.24, 2.45) is 23.7 Å². The first kappa shape index (κ1) is 10.5. The Kier molecular flexibility index (Phi) is 2.27. The van der Waals surface area contributed by atoms with Crippen LogP contribution in [0.1, 0.15) is 13.8 Å². The highest BCUT2D eigenvalue weighted by Crippen LogP contribution is 2.65. The molecule has 1 aliphatic carbocycles. The number of ether oxygens (including phenoxy) is 1. The molecule has 0 unspecified atom stereocenters. The van der Waals surface area contributed by atoms with Gasteiger partial charge in [-0.15, -0.1) is 5.73 Å². The average molecular weight is 222 g/mol. The van der Waals surface area contributed by atoms with Crippen LogP contribution in [-0.4, -0.2) is 35.6 Å².